The first kappa shape index (κ1) is 21.9. The maximum absolute atomic E-state index is 12.8. The number of aryl methyl sites for hydroxylation is 1. The van der Waals surface area contributed by atoms with E-state index in [0.29, 0.717) is 22.3 Å². The number of nitrogen functional groups attached to an aromatic ring is 1. The second kappa shape index (κ2) is 9.90. The molecule has 4 aromatic rings. The minimum atomic E-state index is -0.566. The number of thioether (sulfide) groups is 1. The monoisotopic (exact) mass is 469 g/mol. The number of carbonyl (C=O) groups excluding carboxylic acids is 1. The maximum atomic E-state index is 12.8. The molecule has 3 aromatic heterocycles. The summed E-state index contributed by atoms with van der Waals surface area (Å²) < 4.78 is 13.3. The number of ether oxygens (including phenoxy) is 1. The summed E-state index contributed by atoms with van der Waals surface area (Å²) >= 11 is 1.32. The van der Waals surface area contributed by atoms with Crippen LogP contribution in [0.3, 0.4) is 0 Å². The lowest BCUT2D eigenvalue weighted by Gasteiger charge is -2.07. The number of amides is 1. The minimum absolute atomic E-state index is 0.00342. The Morgan fingerprint density at radius 3 is 2.79 bits per heavy atom. The number of nitrogens with two attached hydrogens (primary N) is 1. The van der Waals surface area contributed by atoms with Crippen LogP contribution in [0, 0.1) is 0 Å². The molecule has 0 saturated carbocycles. The molecule has 3 heterocycles. The van der Waals surface area contributed by atoms with Crippen LogP contribution in [-0.2, 0) is 12.8 Å². The molecule has 1 aromatic carbocycles. The highest BCUT2D eigenvalue weighted by atomic mass is 32.2. The Morgan fingerprint density at radius 2 is 2.09 bits per heavy atom. The van der Waals surface area contributed by atoms with E-state index in [1.54, 1.807) is 24.9 Å². The lowest BCUT2D eigenvalue weighted by molar-refractivity contribution is 0.0949. The van der Waals surface area contributed by atoms with Crippen molar-refractivity contribution >= 4 is 29.2 Å². The fraction of sp³-hybridized carbons (Fsp3) is 0.222. The van der Waals surface area contributed by atoms with Crippen LogP contribution in [0.5, 0.6) is 5.75 Å². The first-order chi connectivity index (χ1) is 16.0. The number of aromatic nitrogens is 8. The lowest BCUT2D eigenvalue weighted by Crippen LogP contribution is -2.23. The molecule has 33 heavy (non-hydrogen) atoms. The molecule has 0 fully saturated rings. The first-order valence-electron chi connectivity index (χ1n) is 9.54. The molecule has 15 heteroatoms. The zero-order chi connectivity index (χ0) is 23.2. The quantitative estimate of drug-likeness (QED) is 0.202. The number of hydrogen-bond acceptors (Lipinski definition) is 12. The van der Waals surface area contributed by atoms with Crippen LogP contribution in [0.4, 0.5) is 5.82 Å². The average molecular weight is 469 g/mol. The minimum Gasteiger partial charge on any atom is -0.488 e. The third-order valence-electron chi connectivity index (χ3n) is 4.22. The van der Waals surface area contributed by atoms with Crippen molar-refractivity contribution in [3.05, 3.63) is 48.0 Å². The summed E-state index contributed by atoms with van der Waals surface area (Å²) in [5, 5.41) is 27.9. The normalized spacial score (nSPS) is 11.5. The number of anilines is 1. The van der Waals surface area contributed by atoms with E-state index < -0.39 is 5.91 Å². The standard InChI is InChI=1S/C18H19N11O3S/c1-11(8-31-12-6-4-3-5-7-12)21-23-17(30)14-13(9-33-18-24-20-10-28(18)2)29(27-22-14)16-15(19)25-32-26-16/h3-7,10H,8-9H2,1-2H3,(H2,19,25)(H,23,30)/b21-11+. The molecule has 0 spiro atoms. The summed E-state index contributed by atoms with van der Waals surface area (Å²) in [5.41, 5.74) is 9.26. The molecule has 0 aliphatic heterocycles. The fourth-order valence-electron chi connectivity index (χ4n) is 2.59. The van der Waals surface area contributed by atoms with Gasteiger partial charge in [0.2, 0.25) is 11.6 Å². The molecular weight excluding hydrogens is 450 g/mol. The summed E-state index contributed by atoms with van der Waals surface area (Å²) in [5.74, 6) is 0.510. The Balaban J connectivity index is 1.50. The smallest absolute Gasteiger partial charge is 0.293 e. The summed E-state index contributed by atoms with van der Waals surface area (Å²) in [6.07, 6.45) is 1.57. The van der Waals surface area contributed by atoms with Crippen molar-refractivity contribution in [3.8, 4) is 11.6 Å². The van der Waals surface area contributed by atoms with E-state index in [1.807, 2.05) is 30.3 Å². The van der Waals surface area contributed by atoms with Gasteiger partial charge in [-0.2, -0.15) is 9.78 Å². The van der Waals surface area contributed by atoms with E-state index in [9.17, 15) is 4.79 Å². The molecule has 1 amide bonds. The van der Waals surface area contributed by atoms with Crippen LogP contribution in [0.15, 0.2) is 51.5 Å². The molecule has 3 N–H and O–H groups in total. The first-order valence-corrected chi connectivity index (χ1v) is 10.5. The molecule has 170 valence electrons. The van der Waals surface area contributed by atoms with Gasteiger partial charge in [0.25, 0.3) is 5.91 Å². The van der Waals surface area contributed by atoms with Gasteiger partial charge in [-0.1, -0.05) is 35.2 Å². The number of carbonyl (C=O) groups is 1. The van der Waals surface area contributed by atoms with Gasteiger partial charge in [0, 0.05) is 12.8 Å². The molecule has 0 saturated heterocycles. The van der Waals surface area contributed by atoms with Gasteiger partial charge in [-0.15, -0.1) is 15.3 Å². The van der Waals surface area contributed by atoms with Crippen LogP contribution < -0.4 is 15.9 Å². The van der Waals surface area contributed by atoms with Crippen molar-refractivity contribution in [2.75, 3.05) is 12.3 Å². The SMILES string of the molecule is C/C(COc1ccccc1)=N\NC(=O)c1nnn(-c2nonc2N)c1CSc1nncn1C. The molecule has 0 radical (unpaired) electrons. The van der Waals surface area contributed by atoms with Crippen LogP contribution in [0.2, 0.25) is 0 Å². The Kier molecular flexibility index (Phi) is 6.58. The van der Waals surface area contributed by atoms with Gasteiger partial charge in [0.1, 0.15) is 18.7 Å². The van der Waals surface area contributed by atoms with Crippen molar-refractivity contribution < 1.29 is 14.2 Å². The molecule has 0 unspecified atom stereocenters. The predicted octanol–water partition coefficient (Wildman–Crippen LogP) is 0.838. The van der Waals surface area contributed by atoms with Gasteiger partial charge in [0.05, 0.1) is 11.4 Å². The van der Waals surface area contributed by atoms with Crippen molar-refractivity contribution in [3.63, 3.8) is 0 Å². The predicted molar refractivity (Wildman–Crippen MR) is 117 cm³/mol. The highest BCUT2D eigenvalue weighted by Crippen LogP contribution is 2.24. The number of para-hydroxylation sites is 1. The molecule has 4 rings (SSSR count). The number of benzene rings is 1. The van der Waals surface area contributed by atoms with Gasteiger partial charge >= 0.3 is 0 Å². The van der Waals surface area contributed by atoms with Crippen LogP contribution in [0.25, 0.3) is 5.82 Å². The second-order valence-corrected chi connectivity index (χ2v) is 7.61. The second-order valence-electron chi connectivity index (χ2n) is 6.67. The van der Waals surface area contributed by atoms with E-state index in [4.69, 9.17) is 10.5 Å². The summed E-state index contributed by atoms with van der Waals surface area (Å²) in [4.78, 5) is 12.8. The Labute approximate surface area is 191 Å². The molecule has 0 aliphatic carbocycles. The topological polar surface area (TPSA) is 177 Å². The molecule has 0 aliphatic rings. The number of hydrazone groups is 1. The van der Waals surface area contributed by atoms with Crippen LogP contribution >= 0.6 is 11.8 Å². The van der Waals surface area contributed by atoms with Gasteiger partial charge < -0.3 is 15.0 Å². The fourth-order valence-corrected chi connectivity index (χ4v) is 3.47. The van der Waals surface area contributed by atoms with Gasteiger partial charge in [-0.05, 0) is 29.4 Å². The largest absolute Gasteiger partial charge is 0.488 e. The number of hydrogen-bond donors (Lipinski definition) is 2. The van der Waals surface area contributed by atoms with E-state index in [0.717, 1.165) is 0 Å². The van der Waals surface area contributed by atoms with E-state index in [2.05, 4.69) is 46.0 Å². The van der Waals surface area contributed by atoms with Gasteiger partial charge in [-0.3, -0.25) is 4.79 Å². The lowest BCUT2D eigenvalue weighted by atomic mass is 10.3. The zero-order valence-electron chi connectivity index (χ0n) is 17.6. The third-order valence-corrected chi connectivity index (χ3v) is 5.27. The average Bonchev–Trinajstić information content (AvgIpc) is 3.54. The zero-order valence-corrected chi connectivity index (χ0v) is 18.4. The summed E-state index contributed by atoms with van der Waals surface area (Å²) in [6.45, 7) is 1.93. The maximum Gasteiger partial charge on any atom is 0.293 e. The third kappa shape index (κ3) is 5.15. The van der Waals surface area contributed by atoms with Gasteiger partial charge in [-0.25, -0.2) is 10.1 Å². The van der Waals surface area contributed by atoms with Crippen LogP contribution in [0.1, 0.15) is 23.1 Å². The Hall–Kier alpha value is -4.27. The number of rotatable bonds is 9. The van der Waals surface area contributed by atoms with E-state index in [1.165, 1.54) is 16.4 Å². The van der Waals surface area contributed by atoms with E-state index >= 15 is 0 Å². The Morgan fingerprint density at radius 1 is 1.27 bits per heavy atom. The Bertz CT molecular complexity index is 1260. The highest BCUT2D eigenvalue weighted by molar-refractivity contribution is 7.98. The van der Waals surface area contributed by atoms with Crippen molar-refractivity contribution in [1.29, 1.82) is 0 Å². The number of nitrogens with one attached hydrogen (secondary N) is 1. The van der Waals surface area contributed by atoms with Crippen LogP contribution in [-0.4, -0.2) is 58.3 Å². The molecule has 0 atom stereocenters. The van der Waals surface area contributed by atoms with Crippen molar-refractivity contribution in [2.24, 2.45) is 12.1 Å². The summed E-state index contributed by atoms with van der Waals surface area (Å²) in [7, 11) is 1.81. The molecule has 14 nitrogen and oxygen atoms in total. The highest BCUT2D eigenvalue weighted by Gasteiger charge is 2.24. The van der Waals surface area contributed by atoms with Crippen molar-refractivity contribution in [2.45, 2.75) is 17.8 Å². The van der Waals surface area contributed by atoms with Gasteiger partial charge in [0.15, 0.2) is 10.9 Å². The number of nitrogens with zero attached hydrogens (tertiary/aromatic N) is 9. The van der Waals surface area contributed by atoms with Crippen molar-refractivity contribution in [1.82, 2.24) is 45.5 Å². The molecular formula is C18H19N11O3S. The van der Waals surface area contributed by atoms with E-state index in [-0.39, 0.29) is 29.7 Å². The molecule has 0 bridgehead atoms. The summed E-state index contributed by atoms with van der Waals surface area (Å²) in [6, 6.07) is 9.28.